The van der Waals surface area contributed by atoms with Crippen LogP contribution in [0.2, 0.25) is 0 Å². The molecule has 0 bridgehead atoms. The molecule has 0 saturated heterocycles. The average molecular weight is 479 g/mol. The monoisotopic (exact) mass is 478 g/mol. The molecule has 2 aromatic carbocycles. The minimum absolute atomic E-state index is 0.0425. The third kappa shape index (κ3) is 4.24. The first-order chi connectivity index (χ1) is 16.1. The van der Waals surface area contributed by atoms with E-state index in [0.29, 0.717) is 27.6 Å². The van der Waals surface area contributed by atoms with Crippen molar-refractivity contribution in [1.82, 2.24) is 24.8 Å². The molecule has 1 aliphatic rings. The van der Waals surface area contributed by atoms with Gasteiger partial charge >= 0.3 is 0 Å². The lowest BCUT2D eigenvalue weighted by atomic mass is 10.3. The number of rotatable bonds is 6. The van der Waals surface area contributed by atoms with Gasteiger partial charge in [-0.15, -0.1) is 15.3 Å². The summed E-state index contributed by atoms with van der Waals surface area (Å²) in [6.45, 7) is 0. The Morgan fingerprint density at radius 3 is 2.91 bits per heavy atom. The first-order valence-corrected chi connectivity index (χ1v) is 11.8. The van der Waals surface area contributed by atoms with Gasteiger partial charge in [0.05, 0.1) is 10.2 Å². The Balaban J connectivity index is 1.25. The van der Waals surface area contributed by atoms with Crippen molar-refractivity contribution < 1.29 is 13.9 Å². The molecule has 1 saturated carbocycles. The smallest absolute Gasteiger partial charge is 0.237 e. The Morgan fingerprint density at radius 2 is 2.06 bits per heavy atom. The molecule has 1 fully saturated rings. The Labute approximate surface area is 194 Å². The third-order valence-corrected chi connectivity index (χ3v) is 6.84. The number of thiazole rings is 1. The van der Waals surface area contributed by atoms with Gasteiger partial charge in [0.15, 0.2) is 10.8 Å². The second-order valence-electron chi connectivity index (χ2n) is 7.50. The van der Waals surface area contributed by atoms with Crippen molar-refractivity contribution in [3.8, 4) is 11.6 Å². The Morgan fingerprint density at radius 1 is 1.15 bits per heavy atom. The van der Waals surface area contributed by atoms with E-state index >= 15 is 0 Å². The fourth-order valence-electron chi connectivity index (χ4n) is 3.20. The van der Waals surface area contributed by atoms with Crippen molar-refractivity contribution in [2.24, 2.45) is 5.92 Å². The predicted octanol–water partition coefficient (Wildman–Crippen LogP) is 5.17. The molecular formula is C22H15FN6O2S2. The Hall–Kier alpha value is -3.57. The van der Waals surface area contributed by atoms with Crippen molar-refractivity contribution in [1.29, 1.82) is 0 Å². The molecule has 0 unspecified atom stereocenters. The standard InChI is InChI=1S/C22H15FN6O2S2/c23-13-2-1-3-14(10-13)31-19-9-8-18-26-27-22(29(18)28-19)32-15-6-7-16-17(11-15)33-21(24-16)25-20(30)12-4-5-12/h1-3,6-12H,4-5H2,(H,24,25,30). The lowest BCUT2D eigenvalue weighted by Crippen LogP contribution is -2.12. The number of carbonyl (C=O) groups is 1. The van der Waals surface area contributed by atoms with E-state index < -0.39 is 0 Å². The van der Waals surface area contributed by atoms with Crippen molar-refractivity contribution in [3.63, 3.8) is 0 Å². The van der Waals surface area contributed by atoms with E-state index in [2.05, 4.69) is 25.6 Å². The highest BCUT2D eigenvalue weighted by Crippen LogP contribution is 2.35. The van der Waals surface area contributed by atoms with E-state index in [4.69, 9.17) is 4.74 Å². The van der Waals surface area contributed by atoms with Gasteiger partial charge < -0.3 is 10.1 Å². The second kappa shape index (κ2) is 8.09. The van der Waals surface area contributed by atoms with E-state index in [9.17, 15) is 9.18 Å². The number of aromatic nitrogens is 5. The fourth-order valence-corrected chi connectivity index (χ4v) is 5.01. The van der Waals surface area contributed by atoms with Gasteiger partial charge in [-0.3, -0.25) is 4.79 Å². The van der Waals surface area contributed by atoms with Crippen LogP contribution in [0, 0.1) is 11.7 Å². The van der Waals surface area contributed by atoms with Crippen LogP contribution in [0.1, 0.15) is 12.8 Å². The van der Waals surface area contributed by atoms with Crippen molar-refractivity contribution >= 4 is 50.0 Å². The second-order valence-corrected chi connectivity index (χ2v) is 9.57. The highest BCUT2D eigenvalue weighted by atomic mass is 32.2. The minimum Gasteiger partial charge on any atom is -0.437 e. The van der Waals surface area contributed by atoms with Crippen LogP contribution in [0.4, 0.5) is 9.52 Å². The molecule has 1 amide bonds. The predicted molar refractivity (Wildman–Crippen MR) is 122 cm³/mol. The lowest BCUT2D eigenvalue weighted by molar-refractivity contribution is -0.117. The molecule has 0 atom stereocenters. The molecule has 0 spiro atoms. The number of carbonyl (C=O) groups excluding carboxylic acids is 1. The van der Waals surface area contributed by atoms with E-state index in [0.717, 1.165) is 28.0 Å². The summed E-state index contributed by atoms with van der Waals surface area (Å²) >= 11 is 2.84. The minimum atomic E-state index is -0.386. The first kappa shape index (κ1) is 20.1. The van der Waals surface area contributed by atoms with Gasteiger partial charge in [0.1, 0.15) is 11.6 Å². The quantitative estimate of drug-likeness (QED) is 0.360. The summed E-state index contributed by atoms with van der Waals surface area (Å²) in [4.78, 5) is 17.4. The van der Waals surface area contributed by atoms with Crippen LogP contribution in [-0.4, -0.2) is 30.7 Å². The number of halogens is 1. The van der Waals surface area contributed by atoms with E-state index in [1.165, 1.54) is 35.2 Å². The summed E-state index contributed by atoms with van der Waals surface area (Å²) < 4.78 is 21.7. The highest BCUT2D eigenvalue weighted by Gasteiger charge is 2.30. The maximum atomic E-state index is 13.4. The summed E-state index contributed by atoms with van der Waals surface area (Å²) in [5, 5.41) is 16.9. The zero-order chi connectivity index (χ0) is 22.4. The number of ether oxygens (including phenoxy) is 1. The van der Waals surface area contributed by atoms with Gasteiger partial charge in [-0.2, -0.15) is 4.52 Å². The van der Waals surface area contributed by atoms with Crippen molar-refractivity contribution in [2.75, 3.05) is 5.32 Å². The zero-order valence-corrected chi connectivity index (χ0v) is 18.6. The number of nitrogens with one attached hydrogen (secondary N) is 1. The molecule has 6 rings (SSSR count). The summed E-state index contributed by atoms with van der Waals surface area (Å²) in [6.07, 6.45) is 1.90. The molecule has 3 heterocycles. The number of amides is 1. The van der Waals surface area contributed by atoms with Crippen molar-refractivity contribution in [3.05, 3.63) is 60.4 Å². The van der Waals surface area contributed by atoms with Crippen LogP contribution in [-0.2, 0) is 4.79 Å². The van der Waals surface area contributed by atoms with Gasteiger partial charge in [0, 0.05) is 22.9 Å². The first-order valence-electron chi connectivity index (χ1n) is 10.2. The molecular weight excluding hydrogens is 463 g/mol. The molecule has 33 heavy (non-hydrogen) atoms. The van der Waals surface area contributed by atoms with E-state index in [1.807, 2.05) is 18.2 Å². The van der Waals surface area contributed by atoms with Gasteiger partial charge in [0.2, 0.25) is 16.9 Å². The van der Waals surface area contributed by atoms with E-state index in [1.54, 1.807) is 28.8 Å². The molecule has 1 aliphatic carbocycles. The average Bonchev–Trinajstić information content (AvgIpc) is 3.48. The normalized spacial score (nSPS) is 13.5. The van der Waals surface area contributed by atoms with Crippen LogP contribution >= 0.6 is 23.1 Å². The van der Waals surface area contributed by atoms with Crippen molar-refractivity contribution in [2.45, 2.75) is 22.9 Å². The fraction of sp³-hybridized carbons (Fsp3) is 0.136. The summed E-state index contributed by atoms with van der Waals surface area (Å²) in [6, 6.07) is 15.1. The van der Waals surface area contributed by atoms with Gasteiger partial charge in [-0.1, -0.05) is 17.4 Å². The number of nitrogens with zero attached hydrogens (tertiary/aromatic N) is 5. The Bertz CT molecular complexity index is 1510. The number of hydrogen-bond acceptors (Lipinski definition) is 8. The SMILES string of the molecule is O=C(Nc1nc2ccc(Sc3nnc4ccc(Oc5cccc(F)c5)nn34)cc2s1)C1CC1. The van der Waals surface area contributed by atoms with Gasteiger partial charge in [-0.05, 0) is 61.0 Å². The molecule has 0 radical (unpaired) electrons. The molecule has 3 aromatic heterocycles. The van der Waals surface area contributed by atoms with Crippen LogP contribution in [0.25, 0.3) is 15.9 Å². The van der Waals surface area contributed by atoms with Crippen LogP contribution in [0.3, 0.4) is 0 Å². The number of hydrogen-bond donors (Lipinski definition) is 1. The van der Waals surface area contributed by atoms with Crippen LogP contribution < -0.4 is 10.1 Å². The maximum Gasteiger partial charge on any atom is 0.237 e. The Kier molecular flexibility index (Phi) is 4.92. The zero-order valence-electron chi connectivity index (χ0n) is 16.9. The van der Waals surface area contributed by atoms with Gasteiger partial charge in [-0.25, -0.2) is 9.37 Å². The molecule has 5 aromatic rings. The maximum absolute atomic E-state index is 13.4. The molecule has 1 N–H and O–H groups in total. The topological polar surface area (TPSA) is 94.3 Å². The van der Waals surface area contributed by atoms with Crippen LogP contribution in [0.5, 0.6) is 11.6 Å². The number of benzene rings is 2. The number of anilines is 1. The lowest BCUT2D eigenvalue weighted by Gasteiger charge is -2.05. The highest BCUT2D eigenvalue weighted by molar-refractivity contribution is 7.99. The summed E-state index contributed by atoms with van der Waals surface area (Å²) in [5.41, 5.74) is 1.39. The van der Waals surface area contributed by atoms with Gasteiger partial charge in [0.25, 0.3) is 0 Å². The molecule has 11 heteroatoms. The largest absolute Gasteiger partial charge is 0.437 e. The molecule has 0 aliphatic heterocycles. The summed E-state index contributed by atoms with van der Waals surface area (Å²) in [7, 11) is 0. The molecule has 8 nitrogen and oxygen atoms in total. The third-order valence-electron chi connectivity index (χ3n) is 4.98. The molecule has 164 valence electrons. The van der Waals surface area contributed by atoms with E-state index in [-0.39, 0.29) is 17.6 Å². The summed E-state index contributed by atoms with van der Waals surface area (Å²) in [5.74, 6) is 0.434. The van der Waals surface area contributed by atoms with Crippen LogP contribution in [0.15, 0.2) is 64.6 Å². The number of fused-ring (bicyclic) bond motifs is 2.